The van der Waals surface area contributed by atoms with E-state index in [4.69, 9.17) is 26.2 Å². The van der Waals surface area contributed by atoms with Crippen LogP contribution in [0.1, 0.15) is 18.6 Å². The molecule has 0 saturated heterocycles. The maximum Gasteiger partial charge on any atom is 0.138 e. The molecule has 2 N–H and O–H groups in total. The van der Waals surface area contributed by atoms with Crippen LogP contribution in [0.3, 0.4) is 0 Å². The Hall–Kier alpha value is -0.810. The summed E-state index contributed by atoms with van der Waals surface area (Å²) in [6, 6.07) is 5.16. The molecule has 0 fully saturated rings. The molecule has 0 aliphatic heterocycles. The lowest BCUT2D eigenvalue weighted by Crippen LogP contribution is -2.09. The molecule has 1 aromatic rings. The zero-order valence-corrected chi connectivity index (χ0v) is 10.5. The SMILES string of the molecule is C[C@@H](O)c1ccc(OCCOCCO)c(Cl)c1. The van der Waals surface area contributed by atoms with Gasteiger partial charge in [0.2, 0.25) is 0 Å². The maximum atomic E-state index is 9.37. The molecule has 0 bridgehead atoms. The molecular weight excluding hydrogens is 244 g/mol. The Bertz CT molecular complexity index is 341. The lowest BCUT2D eigenvalue weighted by Gasteiger charge is -2.10. The molecule has 4 nitrogen and oxygen atoms in total. The van der Waals surface area contributed by atoms with Crippen LogP contribution in [-0.4, -0.2) is 36.6 Å². The highest BCUT2D eigenvalue weighted by molar-refractivity contribution is 6.32. The van der Waals surface area contributed by atoms with Crippen molar-refractivity contribution < 1.29 is 19.7 Å². The van der Waals surface area contributed by atoms with Gasteiger partial charge in [0, 0.05) is 0 Å². The molecule has 0 aromatic heterocycles. The van der Waals surface area contributed by atoms with Gasteiger partial charge in [-0.05, 0) is 24.6 Å². The number of ether oxygens (including phenoxy) is 2. The minimum Gasteiger partial charge on any atom is -0.490 e. The number of halogens is 1. The van der Waals surface area contributed by atoms with Gasteiger partial charge in [-0.2, -0.15) is 0 Å². The van der Waals surface area contributed by atoms with Gasteiger partial charge < -0.3 is 19.7 Å². The molecule has 0 aliphatic rings. The summed E-state index contributed by atoms with van der Waals surface area (Å²) in [7, 11) is 0. The lowest BCUT2D eigenvalue weighted by molar-refractivity contribution is 0.0705. The quantitative estimate of drug-likeness (QED) is 0.734. The number of aliphatic hydroxyl groups excluding tert-OH is 2. The Balaban J connectivity index is 2.43. The Labute approximate surface area is 106 Å². The van der Waals surface area contributed by atoms with Gasteiger partial charge in [0.05, 0.1) is 30.9 Å². The first-order valence-corrected chi connectivity index (χ1v) is 5.82. The summed E-state index contributed by atoms with van der Waals surface area (Å²) in [6.07, 6.45) is -0.547. The Kier molecular flexibility index (Phi) is 6.29. The number of hydrogen-bond acceptors (Lipinski definition) is 4. The predicted molar refractivity (Wildman–Crippen MR) is 65.5 cm³/mol. The van der Waals surface area contributed by atoms with E-state index in [0.29, 0.717) is 30.6 Å². The minimum atomic E-state index is -0.547. The van der Waals surface area contributed by atoms with E-state index in [1.165, 1.54) is 0 Å². The Morgan fingerprint density at radius 3 is 2.65 bits per heavy atom. The predicted octanol–water partition coefficient (Wildman–Crippen LogP) is 1.78. The first-order chi connectivity index (χ1) is 8.15. The molecule has 96 valence electrons. The van der Waals surface area contributed by atoms with Gasteiger partial charge in [0.1, 0.15) is 12.4 Å². The molecule has 0 unspecified atom stereocenters. The number of aliphatic hydroxyl groups is 2. The highest BCUT2D eigenvalue weighted by Crippen LogP contribution is 2.27. The van der Waals surface area contributed by atoms with Gasteiger partial charge in [0.25, 0.3) is 0 Å². The third-order valence-electron chi connectivity index (χ3n) is 2.16. The van der Waals surface area contributed by atoms with Crippen LogP contribution in [0.4, 0.5) is 0 Å². The molecule has 17 heavy (non-hydrogen) atoms. The van der Waals surface area contributed by atoms with E-state index >= 15 is 0 Å². The highest BCUT2D eigenvalue weighted by Gasteiger charge is 2.06. The molecule has 0 aliphatic carbocycles. The number of hydrogen-bond donors (Lipinski definition) is 2. The molecule has 1 aromatic carbocycles. The van der Waals surface area contributed by atoms with Crippen LogP contribution in [0.5, 0.6) is 5.75 Å². The molecular formula is C12H17ClO4. The number of rotatable bonds is 7. The molecule has 1 rings (SSSR count). The molecule has 0 saturated carbocycles. The van der Waals surface area contributed by atoms with Crippen molar-refractivity contribution >= 4 is 11.6 Å². The maximum absolute atomic E-state index is 9.37. The summed E-state index contributed by atoms with van der Waals surface area (Å²) in [4.78, 5) is 0. The first kappa shape index (κ1) is 14.3. The lowest BCUT2D eigenvalue weighted by atomic mass is 10.1. The molecule has 0 amide bonds. The van der Waals surface area contributed by atoms with Crippen LogP contribution >= 0.6 is 11.6 Å². The number of benzene rings is 1. The monoisotopic (exact) mass is 260 g/mol. The van der Waals surface area contributed by atoms with Crippen molar-refractivity contribution in [3.63, 3.8) is 0 Å². The van der Waals surface area contributed by atoms with E-state index in [1.807, 2.05) is 0 Å². The zero-order chi connectivity index (χ0) is 12.7. The van der Waals surface area contributed by atoms with Gasteiger partial charge >= 0.3 is 0 Å². The Morgan fingerprint density at radius 1 is 1.29 bits per heavy atom. The smallest absolute Gasteiger partial charge is 0.138 e. The topological polar surface area (TPSA) is 58.9 Å². The summed E-state index contributed by atoms with van der Waals surface area (Å²) in [6.45, 7) is 2.75. The fourth-order valence-electron chi connectivity index (χ4n) is 1.27. The zero-order valence-electron chi connectivity index (χ0n) is 9.73. The van der Waals surface area contributed by atoms with Gasteiger partial charge in [-0.15, -0.1) is 0 Å². The fraction of sp³-hybridized carbons (Fsp3) is 0.500. The summed E-state index contributed by atoms with van der Waals surface area (Å²) in [5.74, 6) is 0.559. The van der Waals surface area contributed by atoms with Crippen molar-refractivity contribution in [3.8, 4) is 5.75 Å². The van der Waals surface area contributed by atoms with Gasteiger partial charge in [-0.3, -0.25) is 0 Å². The summed E-state index contributed by atoms with van der Waals surface area (Å²) in [5, 5.41) is 18.3. The van der Waals surface area contributed by atoms with Gasteiger partial charge in [0.15, 0.2) is 0 Å². The molecule has 0 radical (unpaired) electrons. The molecule has 0 heterocycles. The third-order valence-corrected chi connectivity index (χ3v) is 2.45. The largest absolute Gasteiger partial charge is 0.490 e. The van der Waals surface area contributed by atoms with Crippen molar-refractivity contribution in [2.24, 2.45) is 0 Å². The summed E-state index contributed by atoms with van der Waals surface area (Å²) < 4.78 is 10.4. The normalized spacial score (nSPS) is 12.5. The van der Waals surface area contributed by atoms with E-state index in [1.54, 1.807) is 25.1 Å². The van der Waals surface area contributed by atoms with E-state index in [9.17, 15) is 5.11 Å². The van der Waals surface area contributed by atoms with Crippen LogP contribution in [0.25, 0.3) is 0 Å². The summed E-state index contributed by atoms with van der Waals surface area (Å²) in [5.41, 5.74) is 0.749. The second-order valence-corrected chi connectivity index (χ2v) is 3.96. The molecule has 1 atom stereocenters. The van der Waals surface area contributed by atoms with E-state index in [-0.39, 0.29) is 6.61 Å². The van der Waals surface area contributed by atoms with E-state index < -0.39 is 6.10 Å². The van der Waals surface area contributed by atoms with E-state index in [2.05, 4.69) is 0 Å². The van der Waals surface area contributed by atoms with Gasteiger partial charge in [-0.25, -0.2) is 0 Å². The first-order valence-electron chi connectivity index (χ1n) is 5.44. The van der Waals surface area contributed by atoms with Gasteiger partial charge in [-0.1, -0.05) is 17.7 Å². The van der Waals surface area contributed by atoms with Crippen LogP contribution in [-0.2, 0) is 4.74 Å². The Morgan fingerprint density at radius 2 is 2.06 bits per heavy atom. The highest BCUT2D eigenvalue weighted by atomic mass is 35.5. The second-order valence-electron chi connectivity index (χ2n) is 3.55. The van der Waals surface area contributed by atoms with Crippen molar-refractivity contribution in [2.75, 3.05) is 26.4 Å². The van der Waals surface area contributed by atoms with Crippen molar-refractivity contribution in [3.05, 3.63) is 28.8 Å². The second kappa shape index (κ2) is 7.50. The third kappa shape index (κ3) is 4.91. The van der Waals surface area contributed by atoms with Crippen LogP contribution in [0.15, 0.2) is 18.2 Å². The molecule has 0 spiro atoms. The average Bonchev–Trinajstić information content (AvgIpc) is 2.30. The van der Waals surface area contributed by atoms with Crippen molar-refractivity contribution in [1.29, 1.82) is 0 Å². The van der Waals surface area contributed by atoms with Crippen molar-refractivity contribution in [1.82, 2.24) is 0 Å². The fourth-order valence-corrected chi connectivity index (χ4v) is 1.51. The minimum absolute atomic E-state index is 0.00381. The summed E-state index contributed by atoms with van der Waals surface area (Å²) >= 11 is 6.00. The average molecular weight is 261 g/mol. The van der Waals surface area contributed by atoms with Crippen LogP contribution in [0, 0.1) is 0 Å². The van der Waals surface area contributed by atoms with Crippen LogP contribution < -0.4 is 4.74 Å². The van der Waals surface area contributed by atoms with Crippen LogP contribution in [0.2, 0.25) is 5.02 Å². The molecule has 5 heteroatoms. The van der Waals surface area contributed by atoms with E-state index in [0.717, 1.165) is 5.56 Å². The van der Waals surface area contributed by atoms with Crippen molar-refractivity contribution in [2.45, 2.75) is 13.0 Å². The standard InChI is InChI=1S/C12H17ClO4/c1-9(15)10-2-3-12(11(13)8-10)17-7-6-16-5-4-14/h2-3,8-9,14-15H,4-7H2,1H3/t9-/m1/s1.